The lowest BCUT2D eigenvalue weighted by Crippen LogP contribution is -2.40. The summed E-state index contributed by atoms with van der Waals surface area (Å²) in [6.07, 6.45) is 0.772. The summed E-state index contributed by atoms with van der Waals surface area (Å²) in [4.78, 5) is 18.0. The highest BCUT2D eigenvalue weighted by molar-refractivity contribution is 14.0. The highest BCUT2D eigenvalue weighted by Gasteiger charge is 2.10. The number of nitrogens with one attached hydrogen (secondary N) is 2. The average molecular weight is 569 g/mol. The van der Waals surface area contributed by atoms with Crippen LogP contribution >= 0.6 is 24.0 Å². The zero-order chi connectivity index (χ0) is 23.3. The molecule has 2 rings (SSSR count). The molecule has 2 aromatic rings. The van der Waals surface area contributed by atoms with Gasteiger partial charge < -0.3 is 25.0 Å². The van der Waals surface area contributed by atoms with E-state index in [0.29, 0.717) is 25.7 Å². The predicted molar refractivity (Wildman–Crippen MR) is 145 cm³/mol. The maximum absolute atomic E-state index is 12.0. The first-order chi connectivity index (χ1) is 15.4. The van der Waals surface area contributed by atoms with Gasteiger partial charge in [0.25, 0.3) is 0 Å². The van der Waals surface area contributed by atoms with Crippen LogP contribution < -0.4 is 20.1 Å². The first-order valence-electron chi connectivity index (χ1n) is 11.1. The Morgan fingerprint density at radius 2 is 1.70 bits per heavy atom. The molecule has 1 unspecified atom stereocenters. The molecular weight excluding hydrogens is 531 g/mol. The molecule has 0 saturated carbocycles. The minimum Gasteiger partial charge on any atom is -0.490 e. The van der Waals surface area contributed by atoms with Crippen LogP contribution in [0, 0.1) is 0 Å². The Labute approximate surface area is 215 Å². The number of benzene rings is 2. The molecule has 1 amide bonds. The molecule has 0 aromatic heterocycles. The van der Waals surface area contributed by atoms with Crippen molar-refractivity contribution in [2.75, 3.05) is 40.4 Å². The Kier molecular flexibility index (Phi) is 13.3. The number of hydrogen-bond acceptors (Lipinski definition) is 4. The molecule has 33 heavy (non-hydrogen) atoms. The van der Waals surface area contributed by atoms with Crippen molar-refractivity contribution in [1.82, 2.24) is 15.5 Å². The van der Waals surface area contributed by atoms with E-state index in [1.807, 2.05) is 50.2 Å². The lowest BCUT2D eigenvalue weighted by atomic mass is 10.1. The molecule has 0 fully saturated rings. The summed E-state index contributed by atoms with van der Waals surface area (Å²) in [5.74, 6) is 2.07. The van der Waals surface area contributed by atoms with Crippen molar-refractivity contribution >= 4 is 35.8 Å². The summed E-state index contributed by atoms with van der Waals surface area (Å²) in [6, 6.07) is 16.2. The van der Waals surface area contributed by atoms with Gasteiger partial charge in [-0.15, -0.1) is 24.0 Å². The third-order valence-corrected chi connectivity index (χ3v) is 4.84. The topological polar surface area (TPSA) is 75.2 Å². The van der Waals surface area contributed by atoms with E-state index in [9.17, 15) is 4.79 Å². The van der Waals surface area contributed by atoms with Crippen LogP contribution in [0.25, 0.3) is 0 Å². The number of hydrogen-bond donors (Lipinski definition) is 2. The second kappa shape index (κ2) is 15.4. The number of guanidine groups is 1. The van der Waals surface area contributed by atoms with Gasteiger partial charge in [0.2, 0.25) is 5.91 Å². The maximum Gasteiger partial charge on any atom is 0.243 e. The molecule has 0 aliphatic heterocycles. The van der Waals surface area contributed by atoms with Gasteiger partial charge in [-0.3, -0.25) is 4.79 Å². The summed E-state index contributed by atoms with van der Waals surface area (Å²) < 4.78 is 11.4. The number of aliphatic imine (C=N–C) groups is 1. The first kappa shape index (κ1) is 28.5. The Bertz CT molecular complexity index is 875. The van der Waals surface area contributed by atoms with Crippen LogP contribution in [0.3, 0.4) is 0 Å². The van der Waals surface area contributed by atoms with Crippen molar-refractivity contribution in [3.05, 3.63) is 59.7 Å². The molecule has 1 atom stereocenters. The second-order valence-corrected chi connectivity index (χ2v) is 7.55. The van der Waals surface area contributed by atoms with Crippen LogP contribution in [0.4, 0.5) is 0 Å². The first-order valence-corrected chi connectivity index (χ1v) is 11.1. The van der Waals surface area contributed by atoms with Gasteiger partial charge in [-0.1, -0.05) is 36.4 Å². The third-order valence-electron chi connectivity index (χ3n) is 4.84. The normalized spacial score (nSPS) is 11.7. The van der Waals surface area contributed by atoms with Crippen molar-refractivity contribution in [1.29, 1.82) is 0 Å². The molecule has 0 radical (unpaired) electrons. The van der Waals surface area contributed by atoms with Gasteiger partial charge in [0, 0.05) is 20.6 Å². The molecule has 2 N–H and O–H groups in total. The molecule has 0 heterocycles. The van der Waals surface area contributed by atoms with E-state index in [1.165, 1.54) is 4.90 Å². The summed E-state index contributed by atoms with van der Waals surface area (Å²) in [5.41, 5.74) is 2.28. The van der Waals surface area contributed by atoms with Gasteiger partial charge in [-0.2, -0.15) is 0 Å². The molecule has 0 bridgehead atoms. The van der Waals surface area contributed by atoms with E-state index < -0.39 is 0 Å². The molecule has 182 valence electrons. The lowest BCUT2D eigenvalue weighted by molar-refractivity contribution is -0.127. The van der Waals surface area contributed by atoms with Crippen molar-refractivity contribution in [3.63, 3.8) is 0 Å². The van der Waals surface area contributed by atoms with Crippen LogP contribution in [0.15, 0.2) is 53.5 Å². The Morgan fingerprint density at radius 1 is 1.03 bits per heavy atom. The van der Waals surface area contributed by atoms with Crippen molar-refractivity contribution < 1.29 is 14.3 Å². The molecule has 8 heteroatoms. The van der Waals surface area contributed by atoms with E-state index >= 15 is 0 Å². The fourth-order valence-corrected chi connectivity index (χ4v) is 3.05. The Hall–Kier alpha value is -2.49. The number of nitrogens with zero attached hydrogens (tertiary/aromatic N) is 2. The highest BCUT2D eigenvalue weighted by atomic mass is 127. The van der Waals surface area contributed by atoms with E-state index in [4.69, 9.17) is 9.47 Å². The third kappa shape index (κ3) is 9.89. The van der Waals surface area contributed by atoms with E-state index in [2.05, 4.69) is 34.7 Å². The molecule has 0 aliphatic carbocycles. The molecular formula is C25H37IN4O3. The quantitative estimate of drug-likeness (QED) is 0.243. The summed E-state index contributed by atoms with van der Waals surface area (Å²) in [5, 5.41) is 6.75. The van der Waals surface area contributed by atoms with Crippen molar-refractivity contribution in [2.45, 2.75) is 33.2 Å². The number of amides is 1. The van der Waals surface area contributed by atoms with Crippen LogP contribution in [0.2, 0.25) is 0 Å². The smallest absolute Gasteiger partial charge is 0.243 e. The molecule has 7 nitrogen and oxygen atoms in total. The maximum atomic E-state index is 12.0. The van der Waals surface area contributed by atoms with Crippen LogP contribution in [-0.2, 0) is 11.2 Å². The Balaban J connectivity index is 0.00000544. The number of carbonyl (C=O) groups is 1. The minimum absolute atomic E-state index is 0. The zero-order valence-corrected chi connectivity index (χ0v) is 22.6. The molecule has 0 spiro atoms. The fourth-order valence-electron chi connectivity index (χ4n) is 3.05. The molecule has 0 saturated heterocycles. The second-order valence-electron chi connectivity index (χ2n) is 7.55. The van der Waals surface area contributed by atoms with Crippen molar-refractivity contribution in [3.8, 4) is 11.5 Å². The molecule has 2 aromatic carbocycles. The van der Waals surface area contributed by atoms with Gasteiger partial charge in [0.05, 0.1) is 19.3 Å². The van der Waals surface area contributed by atoms with Gasteiger partial charge in [0.1, 0.15) is 6.54 Å². The lowest BCUT2D eigenvalue weighted by Gasteiger charge is -2.19. The number of halogens is 1. The van der Waals surface area contributed by atoms with E-state index in [0.717, 1.165) is 29.0 Å². The average Bonchev–Trinajstić information content (AvgIpc) is 2.79. The zero-order valence-electron chi connectivity index (χ0n) is 20.3. The standard InChI is InChI=1S/C25H36N4O3.HI/c1-6-31-22-14-13-20(17-23(22)32-7-2)15-16-26-25(27-18-24(30)29(4)5)28-19(3)21-11-9-8-10-12-21;/h8-14,17,19H,6-7,15-16,18H2,1-5H3,(H2,26,27,28);1H. The molecule has 0 aliphatic rings. The number of rotatable bonds is 11. The summed E-state index contributed by atoms with van der Waals surface area (Å²) >= 11 is 0. The van der Waals surface area contributed by atoms with Gasteiger partial charge in [-0.25, -0.2) is 4.99 Å². The summed E-state index contributed by atoms with van der Waals surface area (Å²) in [6.45, 7) is 7.91. The van der Waals surface area contributed by atoms with Gasteiger partial charge in [-0.05, 0) is 50.5 Å². The van der Waals surface area contributed by atoms with Gasteiger partial charge >= 0.3 is 0 Å². The number of likely N-dealkylation sites (N-methyl/N-ethyl adjacent to an activating group) is 1. The van der Waals surface area contributed by atoms with Gasteiger partial charge in [0.15, 0.2) is 17.5 Å². The Morgan fingerprint density at radius 3 is 2.33 bits per heavy atom. The SMILES string of the molecule is CCOc1ccc(CCNC(=NCC(=O)N(C)C)NC(C)c2ccccc2)cc1OCC.I. The highest BCUT2D eigenvalue weighted by Crippen LogP contribution is 2.28. The predicted octanol–water partition coefficient (Wildman–Crippen LogP) is 4.03. The number of carbonyl (C=O) groups excluding carboxylic acids is 1. The van der Waals surface area contributed by atoms with Crippen molar-refractivity contribution in [2.24, 2.45) is 4.99 Å². The van der Waals surface area contributed by atoms with E-state index in [-0.39, 0.29) is 42.5 Å². The summed E-state index contributed by atoms with van der Waals surface area (Å²) in [7, 11) is 3.46. The fraction of sp³-hybridized carbons (Fsp3) is 0.440. The van der Waals surface area contributed by atoms with Crippen LogP contribution in [0.5, 0.6) is 11.5 Å². The van der Waals surface area contributed by atoms with Crippen LogP contribution in [-0.4, -0.2) is 57.2 Å². The number of ether oxygens (including phenoxy) is 2. The van der Waals surface area contributed by atoms with Crippen LogP contribution in [0.1, 0.15) is 37.9 Å². The monoisotopic (exact) mass is 568 g/mol. The largest absolute Gasteiger partial charge is 0.490 e. The minimum atomic E-state index is -0.0497. The van der Waals surface area contributed by atoms with E-state index in [1.54, 1.807) is 14.1 Å².